The Morgan fingerprint density at radius 3 is 2.57 bits per heavy atom. The van der Waals surface area contributed by atoms with E-state index in [0.717, 1.165) is 48.6 Å². The van der Waals surface area contributed by atoms with Gasteiger partial charge in [0.2, 0.25) is 5.91 Å². The van der Waals surface area contributed by atoms with Gasteiger partial charge in [0.1, 0.15) is 11.6 Å². The first-order valence-electron chi connectivity index (χ1n) is 10.0. The van der Waals surface area contributed by atoms with Crippen molar-refractivity contribution in [3.05, 3.63) is 52.7 Å². The number of amides is 1. The van der Waals surface area contributed by atoms with Gasteiger partial charge < -0.3 is 9.42 Å². The Morgan fingerprint density at radius 2 is 1.96 bits per heavy atom. The van der Waals surface area contributed by atoms with E-state index in [1.54, 1.807) is 0 Å². The Hall–Kier alpha value is -2.21. The first kappa shape index (κ1) is 20.5. The molecule has 1 amide bonds. The molecule has 1 fully saturated rings. The van der Waals surface area contributed by atoms with E-state index >= 15 is 0 Å². The van der Waals surface area contributed by atoms with E-state index in [4.69, 9.17) is 4.52 Å². The number of rotatable bonds is 5. The van der Waals surface area contributed by atoms with E-state index in [2.05, 4.69) is 23.9 Å². The Balaban J connectivity index is 1.71. The standard InChI is InChI=1S/C22H30FN3O2/c1-15(2)21-14-26(22(27)12-20-16(3)24-28-17(20)4)11-5-10-25(21)13-18-6-8-19(23)9-7-18/h6-9,15,21H,5,10-14H2,1-4H3. The lowest BCUT2D eigenvalue weighted by atomic mass is 10.0. The zero-order chi connectivity index (χ0) is 20.3. The fraction of sp³-hybridized carbons (Fsp3) is 0.545. The summed E-state index contributed by atoms with van der Waals surface area (Å²) >= 11 is 0. The van der Waals surface area contributed by atoms with Crippen LogP contribution in [0.25, 0.3) is 0 Å². The highest BCUT2D eigenvalue weighted by Crippen LogP contribution is 2.22. The SMILES string of the molecule is Cc1noc(C)c1CC(=O)N1CCCN(Cc2ccc(F)cc2)C(C(C)C)C1. The summed E-state index contributed by atoms with van der Waals surface area (Å²) in [6, 6.07) is 6.98. The Kier molecular flexibility index (Phi) is 6.50. The average Bonchev–Trinajstić information content (AvgIpc) is 2.85. The maximum atomic E-state index is 13.2. The number of aromatic nitrogens is 1. The van der Waals surface area contributed by atoms with Crippen LogP contribution in [0.2, 0.25) is 0 Å². The van der Waals surface area contributed by atoms with Crippen molar-refractivity contribution >= 4 is 5.91 Å². The summed E-state index contributed by atoms with van der Waals surface area (Å²) in [5.74, 6) is 1.05. The molecule has 1 unspecified atom stereocenters. The highest BCUT2D eigenvalue weighted by atomic mass is 19.1. The van der Waals surface area contributed by atoms with Crippen molar-refractivity contribution in [2.75, 3.05) is 19.6 Å². The molecule has 0 spiro atoms. The molecule has 0 radical (unpaired) electrons. The molecule has 1 saturated heterocycles. The number of carbonyl (C=O) groups is 1. The van der Waals surface area contributed by atoms with Crippen LogP contribution in [-0.4, -0.2) is 46.5 Å². The van der Waals surface area contributed by atoms with Crippen molar-refractivity contribution in [1.82, 2.24) is 15.0 Å². The molecule has 3 rings (SSSR count). The highest BCUT2D eigenvalue weighted by Gasteiger charge is 2.30. The largest absolute Gasteiger partial charge is 0.361 e. The minimum absolute atomic E-state index is 0.128. The van der Waals surface area contributed by atoms with Gasteiger partial charge in [-0.05, 0) is 43.9 Å². The van der Waals surface area contributed by atoms with Crippen LogP contribution < -0.4 is 0 Å². The second kappa shape index (κ2) is 8.86. The van der Waals surface area contributed by atoms with E-state index < -0.39 is 0 Å². The molecule has 0 N–H and O–H groups in total. The van der Waals surface area contributed by atoms with Gasteiger partial charge in [0, 0.05) is 37.8 Å². The molecule has 0 bridgehead atoms. The molecule has 2 aromatic rings. The summed E-state index contributed by atoms with van der Waals surface area (Å²) < 4.78 is 18.4. The van der Waals surface area contributed by atoms with Crippen molar-refractivity contribution in [2.45, 2.75) is 53.1 Å². The quantitative estimate of drug-likeness (QED) is 0.784. The van der Waals surface area contributed by atoms with Crippen LogP contribution in [-0.2, 0) is 17.8 Å². The fourth-order valence-corrected chi connectivity index (χ4v) is 3.96. The van der Waals surface area contributed by atoms with Gasteiger partial charge in [0.05, 0.1) is 12.1 Å². The Bertz CT molecular complexity index is 781. The van der Waals surface area contributed by atoms with Gasteiger partial charge >= 0.3 is 0 Å². The maximum Gasteiger partial charge on any atom is 0.227 e. The molecule has 152 valence electrons. The summed E-state index contributed by atoms with van der Waals surface area (Å²) in [6.45, 7) is 11.3. The molecule has 0 saturated carbocycles. The molecule has 5 nitrogen and oxygen atoms in total. The minimum atomic E-state index is -0.212. The van der Waals surface area contributed by atoms with Gasteiger partial charge in [-0.15, -0.1) is 0 Å². The second-order valence-electron chi connectivity index (χ2n) is 8.08. The third-order valence-electron chi connectivity index (χ3n) is 5.68. The van der Waals surface area contributed by atoms with Crippen molar-refractivity contribution in [2.24, 2.45) is 5.92 Å². The average molecular weight is 387 g/mol. The van der Waals surface area contributed by atoms with Crippen LogP contribution in [0.3, 0.4) is 0 Å². The lowest BCUT2D eigenvalue weighted by Crippen LogP contribution is -2.45. The van der Waals surface area contributed by atoms with E-state index in [0.29, 0.717) is 18.9 Å². The molecule has 6 heteroatoms. The molecule has 28 heavy (non-hydrogen) atoms. The number of benzene rings is 1. The molecule has 2 heterocycles. The molecular formula is C22H30FN3O2. The lowest BCUT2D eigenvalue weighted by Gasteiger charge is -2.34. The first-order valence-corrected chi connectivity index (χ1v) is 10.0. The summed E-state index contributed by atoms with van der Waals surface area (Å²) in [4.78, 5) is 17.4. The molecular weight excluding hydrogens is 357 g/mol. The molecule has 0 aliphatic carbocycles. The zero-order valence-corrected chi connectivity index (χ0v) is 17.2. The minimum Gasteiger partial charge on any atom is -0.361 e. The van der Waals surface area contributed by atoms with E-state index in [-0.39, 0.29) is 17.8 Å². The van der Waals surface area contributed by atoms with Crippen molar-refractivity contribution < 1.29 is 13.7 Å². The normalized spacial score (nSPS) is 18.5. The summed E-state index contributed by atoms with van der Waals surface area (Å²) in [5.41, 5.74) is 2.79. The van der Waals surface area contributed by atoms with E-state index in [9.17, 15) is 9.18 Å². The van der Waals surface area contributed by atoms with Crippen LogP contribution in [0.1, 0.15) is 42.8 Å². The number of halogens is 1. The molecule has 1 aliphatic rings. The van der Waals surface area contributed by atoms with Gasteiger partial charge in [-0.3, -0.25) is 9.69 Å². The molecule has 1 aliphatic heterocycles. The van der Waals surface area contributed by atoms with Crippen molar-refractivity contribution in [3.63, 3.8) is 0 Å². The van der Waals surface area contributed by atoms with Crippen molar-refractivity contribution in [3.8, 4) is 0 Å². The molecule has 1 atom stereocenters. The first-order chi connectivity index (χ1) is 13.3. The van der Waals surface area contributed by atoms with Crippen LogP contribution in [0.4, 0.5) is 4.39 Å². The predicted octanol–water partition coefficient (Wildman–Crippen LogP) is 3.73. The van der Waals surface area contributed by atoms with E-state index in [1.807, 2.05) is 30.9 Å². The second-order valence-corrected chi connectivity index (χ2v) is 8.08. The number of hydrogen-bond donors (Lipinski definition) is 0. The highest BCUT2D eigenvalue weighted by molar-refractivity contribution is 5.79. The van der Waals surface area contributed by atoms with Crippen LogP contribution in [0.5, 0.6) is 0 Å². The van der Waals surface area contributed by atoms with Crippen molar-refractivity contribution in [1.29, 1.82) is 0 Å². The van der Waals surface area contributed by atoms with Gasteiger partial charge in [0.25, 0.3) is 0 Å². The third-order valence-corrected chi connectivity index (χ3v) is 5.68. The zero-order valence-electron chi connectivity index (χ0n) is 17.2. The Labute approximate surface area is 166 Å². The van der Waals surface area contributed by atoms with Gasteiger partial charge in [0.15, 0.2) is 0 Å². The lowest BCUT2D eigenvalue weighted by molar-refractivity contribution is -0.131. The third kappa shape index (κ3) is 4.79. The number of aryl methyl sites for hydroxylation is 2. The van der Waals surface area contributed by atoms with Crippen LogP contribution in [0, 0.1) is 25.6 Å². The summed E-state index contributed by atoms with van der Waals surface area (Å²) in [5, 5.41) is 3.96. The van der Waals surface area contributed by atoms with Gasteiger partial charge in [-0.2, -0.15) is 0 Å². The summed E-state index contributed by atoms with van der Waals surface area (Å²) in [6.07, 6.45) is 1.27. The Morgan fingerprint density at radius 1 is 1.25 bits per heavy atom. The number of hydrogen-bond acceptors (Lipinski definition) is 4. The number of carbonyl (C=O) groups excluding carboxylic acids is 1. The molecule has 1 aromatic heterocycles. The number of nitrogens with zero attached hydrogens (tertiary/aromatic N) is 3. The van der Waals surface area contributed by atoms with Gasteiger partial charge in [-0.25, -0.2) is 4.39 Å². The topological polar surface area (TPSA) is 49.6 Å². The smallest absolute Gasteiger partial charge is 0.227 e. The van der Waals surface area contributed by atoms with Crippen LogP contribution in [0.15, 0.2) is 28.8 Å². The summed E-state index contributed by atoms with van der Waals surface area (Å²) in [7, 11) is 0. The maximum absolute atomic E-state index is 13.2. The fourth-order valence-electron chi connectivity index (χ4n) is 3.96. The predicted molar refractivity (Wildman–Crippen MR) is 106 cm³/mol. The monoisotopic (exact) mass is 387 g/mol. The molecule has 1 aromatic carbocycles. The van der Waals surface area contributed by atoms with Crippen LogP contribution >= 0.6 is 0 Å². The van der Waals surface area contributed by atoms with Gasteiger partial charge in [-0.1, -0.05) is 31.1 Å². The van der Waals surface area contributed by atoms with E-state index in [1.165, 1.54) is 12.1 Å².